The maximum Gasteiger partial charge on any atom is 0.255 e. The molecule has 142 valence electrons. The Hall–Kier alpha value is -3.87. The molecule has 2 aromatic carbocycles. The predicted octanol–water partition coefficient (Wildman–Crippen LogP) is 3.49. The zero-order valence-electron chi connectivity index (χ0n) is 15.4. The van der Waals surface area contributed by atoms with Gasteiger partial charge in [0.25, 0.3) is 11.8 Å². The SMILES string of the molecule is CNC(=O)c1cc(OC)ccc1NC(=O)c1ccc(Oc2ccccn2)cc1. The van der Waals surface area contributed by atoms with Gasteiger partial charge in [-0.2, -0.15) is 0 Å². The van der Waals surface area contributed by atoms with Crippen LogP contribution in [0.5, 0.6) is 17.4 Å². The van der Waals surface area contributed by atoms with Gasteiger partial charge in [-0.05, 0) is 48.5 Å². The lowest BCUT2D eigenvalue weighted by molar-refractivity contribution is 0.0963. The molecule has 0 bridgehead atoms. The molecule has 0 spiro atoms. The summed E-state index contributed by atoms with van der Waals surface area (Å²) in [7, 11) is 3.03. The van der Waals surface area contributed by atoms with Crippen molar-refractivity contribution in [3.63, 3.8) is 0 Å². The van der Waals surface area contributed by atoms with Crippen LogP contribution in [-0.4, -0.2) is 31.0 Å². The largest absolute Gasteiger partial charge is 0.497 e. The molecule has 3 aromatic rings. The van der Waals surface area contributed by atoms with Crippen LogP contribution in [0.15, 0.2) is 66.9 Å². The molecule has 1 aromatic heterocycles. The van der Waals surface area contributed by atoms with Crippen LogP contribution in [-0.2, 0) is 0 Å². The molecule has 0 aliphatic heterocycles. The van der Waals surface area contributed by atoms with Crippen molar-refractivity contribution in [3.05, 3.63) is 78.0 Å². The van der Waals surface area contributed by atoms with E-state index in [2.05, 4.69) is 15.6 Å². The van der Waals surface area contributed by atoms with Crippen LogP contribution in [0.25, 0.3) is 0 Å². The molecule has 1 heterocycles. The van der Waals surface area contributed by atoms with Crippen molar-refractivity contribution in [3.8, 4) is 17.4 Å². The average molecular weight is 377 g/mol. The Balaban J connectivity index is 1.75. The first-order valence-corrected chi connectivity index (χ1v) is 8.51. The summed E-state index contributed by atoms with van der Waals surface area (Å²) >= 11 is 0. The van der Waals surface area contributed by atoms with Gasteiger partial charge in [-0.25, -0.2) is 4.98 Å². The zero-order valence-corrected chi connectivity index (χ0v) is 15.4. The molecule has 28 heavy (non-hydrogen) atoms. The molecule has 0 aliphatic rings. The molecule has 7 heteroatoms. The zero-order chi connectivity index (χ0) is 19.9. The van der Waals surface area contributed by atoms with Gasteiger partial charge in [-0.15, -0.1) is 0 Å². The minimum atomic E-state index is -0.347. The number of ether oxygens (including phenoxy) is 2. The van der Waals surface area contributed by atoms with E-state index in [0.29, 0.717) is 34.2 Å². The van der Waals surface area contributed by atoms with Crippen molar-refractivity contribution in [2.75, 3.05) is 19.5 Å². The number of nitrogens with one attached hydrogen (secondary N) is 2. The third kappa shape index (κ3) is 4.45. The lowest BCUT2D eigenvalue weighted by Crippen LogP contribution is -2.21. The van der Waals surface area contributed by atoms with Crippen LogP contribution in [0.2, 0.25) is 0 Å². The van der Waals surface area contributed by atoms with E-state index in [4.69, 9.17) is 9.47 Å². The summed E-state index contributed by atoms with van der Waals surface area (Å²) in [4.78, 5) is 28.8. The monoisotopic (exact) mass is 377 g/mol. The number of nitrogens with zero attached hydrogens (tertiary/aromatic N) is 1. The summed E-state index contributed by atoms with van der Waals surface area (Å²) in [6, 6.07) is 16.9. The molecule has 7 nitrogen and oxygen atoms in total. The van der Waals surface area contributed by atoms with E-state index in [1.807, 2.05) is 6.07 Å². The number of rotatable bonds is 6. The molecule has 0 aliphatic carbocycles. The van der Waals surface area contributed by atoms with Gasteiger partial charge < -0.3 is 20.1 Å². The Bertz CT molecular complexity index is 973. The van der Waals surface area contributed by atoms with E-state index in [-0.39, 0.29) is 11.8 Å². The first-order chi connectivity index (χ1) is 13.6. The summed E-state index contributed by atoms with van der Waals surface area (Å²) in [5.74, 6) is 0.875. The van der Waals surface area contributed by atoms with Crippen LogP contribution in [0, 0.1) is 0 Å². The maximum absolute atomic E-state index is 12.6. The Morgan fingerprint density at radius 3 is 2.32 bits per heavy atom. The lowest BCUT2D eigenvalue weighted by Gasteiger charge is -2.12. The van der Waals surface area contributed by atoms with E-state index < -0.39 is 0 Å². The van der Waals surface area contributed by atoms with Gasteiger partial charge in [0.15, 0.2) is 0 Å². The Morgan fingerprint density at radius 2 is 1.68 bits per heavy atom. The summed E-state index contributed by atoms with van der Waals surface area (Å²) in [6.07, 6.45) is 1.63. The van der Waals surface area contributed by atoms with Gasteiger partial charge >= 0.3 is 0 Å². The van der Waals surface area contributed by atoms with Crippen LogP contribution in [0.3, 0.4) is 0 Å². The molecule has 0 saturated carbocycles. The highest BCUT2D eigenvalue weighted by Crippen LogP contribution is 2.24. The van der Waals surface area contributed by atoms with Crippen molar-refractivity contribution < 1.29 is 19.1 Å². The standard InChI is InChI=1S/C21H19N3O4/c1-22-21(26)17-13-16(27-2)10-11-18(17)24-20(25)14-6-8-15(9-7-14)28-19-5-3-4-12-23-19/h3-13H,1-2H3,(H,22,26)(H,24,25). The maximum atomic E-state index is 12.6. The highest BCUT2D eigenvalue weighted by Gasteiger charge is 2.15. The van der Waals surface area contributed by atoms with E-state index >= 15 is 0 Å². The first kappa shape index (κ1) is 18.9. The minimum absolute atomic E-state index is 0.310. The van der Waals surface area contributed by atoms with Crippen molar-refractivity contribution in [2.45, 2.75) is 0 Å². The van der Waals surface area contributed by atoms with E-state index in [9.17, 15) is 9.59 Å². The third-order valence-electron chi connectivity index (χ3n) is 3.92. The van der Waals surface area contributed by atoms with Crippen LogP contribution in [0.4, 0.5) is 5.69 Å². The van der Waals surface area contributed by atoms with Crippen molar-refractivity contribution in [2.24, 2.45) is 0 Å². The van der Waals surface area contributed by atoms with E-state index in [1.54, 1.807) is 60.8 Å². The number of hydrogen-bond donors (Lipinski definition) is 2. The predicted molar refractivity (Wildman–Crippen MR) is 105 cm³/mol. The second-order valence-corrected chi connectivity index (χ2v) is 5.74. The van der Waals surface area contributed by atoms with Crippen LogP contribution in [0.1, 0.15) is 20.7 Å². The summed E-state index contributed by atoms with van der Waals surface area (Å²) in [5.41, 5.74) is 1.12. The average Bonchev–Trinajstić information content (AvgIpc) is 2.74. The van der Waals surface area contributed by atoms with Gasteiger partial charge in [0.2, 0.25) is 5.88 Å². The van der Waals surface area contributed by atoms with E-state index in [0.717, 1.165) is 0 Å². The molecule has 0 saturated heterocycles. The fraction of sp³-hybridized carbons (Fsp3) is 0.0952. The smallest absolute Gasteiger partial charge is 0.255 e. The number of benzene rings is 2. The van der Waals surface area contributed by atoms with E-state index in [1.165, 1.54) is 14.2 Å². The second-order valence-electron chi connectivity index (χ2n) is 5.74. The number of carbonyl (C=O) groups excluding carboxylic acids is 2. The number of amides is 2. The molecule has 0 atom stereocenters. The number of methoxy groups -OCH3 is 1. The van der Waals surface area contributed by atoms with Crippen LogP contribution >= 0.6 is 0 Å². The lowest BCUT2D eigenvalue weighted by atomic mass is 10.1. The fourth-order valence-corrected chi connectivity index (χ4v) is 2.48. The van der Waals surface area contributed by atoms with Crippen LogP contribution < -0.4 is 20.1 Å². The molecular formula is C21H19N3O4. The van der Waals surface area contributed by atoms with Gasteiger partial charge in [-0.3, -0.25) is 9.59 Å². The second kappa shape index (κ2) is 8.68. The minimum Gasteiger partial charge on any atom is -0.497 e. The molecule has 0 radical (unpaired) electrons. The molecule has 0 fully saturated rings. The first-order valence-electron chi connectivity index (χ1n) is 8.51. The topological polar surface area (TPSA) is 89.6 Å². The van der Waals surface area contributed by atoms with Gasteiger partial charge in [0, 0.05) is 24.9 Å². The van der Waals surface area contributed by atoms with Crippen molar-refractivity contribution in [1.82, 2.24) is 10.3 Å². The van der Waals surface area contributed by atoms with Crippen molar-refractivity contribution in [1.29, 1.82) is 0 Å². The molecule has 3 rings (SSSR count). The molecule has 0 unspecified atom stereocenters. The highest BCUT2D eigenvalue weighted by atomic mass is 16.5. The normalized spacial score (nSPS) is 10.1. The van der Waals surface area contributed by atoms with Gasteiger partial charge in [-0.1, -0.05) is 6.07 Å². The molecule has 2 N–H and O–H groups in total. The number of aromatic nitrogens is 1. The molecular weight excluding hydrogens is 358 g/mol. The Kier molecular flexibility index (Phi) is 5.86. The van der Waals surface area contributed by atoms with Gasteiger partial charge in [0.05, 0.1) is 18.4 Å². The number of carbonyl (C=O) groups is 2. The molecule has 2 amide bonds. The summed E-state index contributed by atoms with van der Waals surface area (Å²) in [6.45, 7) is 0. The van der Waals surface area contributed by atoms with Gasteiger partial charge in [0.1, 0.15) is 11.5 Å². The Labute approximate surface area is 162 Å². The summed E-state index contributed by atoms with van der Waals surface area (Å²) < 4.78 is 10.8. The fourth-order valence-electron chi connectivity index (χ4n) is 2.48. The Morgan fingerprint density at radius 1 is 0.929 bits per heavy atom. The third-order valence-corrected chi connectivity index (χ3v) is 3.92. The number of pyridine rings is 1. The number of anilines is 1. The summed E-state index contributed by atoms with van der Waals surface area (Å²) in [5, 5.41) is 5.30. The quantitative estimate of drug-likeness (QED) is 0.686. The number of hydrogen-bond acceptors (Lipinski definition) is 5. The van der Waals surface area contributed by atoms with Crippen molar-refractivity contribution >= 4 is 17.5 Å². The highest BCUT2D eigenvalue weighted by molar-refractivity contribution is 6.09.